The monoisotopic (exact) mass is 299 g/mol. The Morgan fingerprint density at radius 2 is 1.89 bits per heavy atom. The second-order valence-electron chi connectivity index (χ2n) is 4.08. The normalized spacial score (nSPS) is 16.2. The molecule has 0 unspecified atom stereocenters. The van der Waals surface area contributed by atoms with Gasteiger partial charge in [-0.2, -0.15) is 11.8 Å². The highest BCUT2D eigenvalue weighted by atomic mass is 35.5. The third-order valence-electron chi connectivity index (χ3n) is 2.98. The van der Waals surface area contributed by atoms with Crippen LogP contribution in [0.25, 0.3) is 10.9 Å². The predicted molar refractivity (Wildman–Crippen MR) is 79.1 cm³/mol. The molecule has 1 saturated heterocycles. The smallest absolute Gasteiger partial charge is 0.224 e. The SMILES string of the molecule is Clc1nc(Cl)c2cc(N3CCSCC3)ccc2n1. The van der Waals surface area contributed by atoms with Crippen molar-refractivity contribution >= 4 is 51.6 Å². The van der Waals surface area contributed by atoms with Crippen LogP contribution in [0.5, 0.6) is 0 Å². The van der Waals surface area contributed by atoms with Crippen LogP contribution in [0.1, 0.15) is 0 Å². The molecule has 3 rings (SSSR count). The summed E-state index contributed by atoms with van der Waals surface area (Å²) in [4.78, 5) is 10.5. The summed E-state index contributed by atoms with van der Waals surface area (Å²) in [6.45, 7) is 2.14. The lowest BCUT2D eigenvalue weighted by molar-refractivity contribution is 0.859. The summed E-state index contributed by atoms with van der Waals surface area (Å²) in [7, 11) is 0. The summed E-state index contributed by atoms with van der Waals surface area (Å²) in [6.07, 6.45) is 0. The van der Waals surface area contributed by atoms with Crippen LogP contribution in [0.15, 0.2) is 18.2 Å². The highest BCUT2D eigenvalue weighted by Gasteiger charge is 2.13. The number of fused-ring (bicyclic) bond motifs is 1. The summed E-state index contributed by atoms with van der Waals surface area (Å²) in [5.74, 6) is 2.34. The number of halogens is 2. The summed E-state index contributed by atoms with van der Waals surface area (Å²) >= 11 is 13.9. The molecule has 0 bridgehead atoms. The molecule has 6 heteroatoms. The molecule has 0 aliphatic carbocycles. The predicted octanol–water partition coefficient (Wildman–Crippen LogP) is 3.49. The Kier molecular flexibility index (Phi) is 3.50. The van der Waals surface area contributed by atoms with Crippen molar-refractivity contribution in [2.24, 2.45) is 0 Å². The lowest BCUT2D eigenvalue weighted by atomic mass is 10.2. The van der Waals surface area contributed by atoms with Gasteiger partial charge in [-0.25, -0.2) is 9.97 Å². The van der Waals surface area contributed by atoms with Crippen LogP contribution < -0.4 is 4.90 Å². The molecule has 18 heavy (non-hydrogen) atoms. The summed E-state index contributed by atoms with van der Waals surface area (Å²) in [5, 5.41) is 1.46. The molecule has 1 fully saturated rings. The van der Waals surface area contributed by atoms with Crippen LogP contribution >= 0.6 is 35.0 Å². The standard InChI is InChI=1S/C12H11Cl2N3S/c13-11-9-7-8(17-3-5-18-6-4-17)1-2-10(9)15-12(14)16-11/h1-2,7H,3-6H2. The molecule has 1 aliphatic rings. The van der Waals surface area contributed by atoms with Crippen LogP contribution in [0.4, 0.5) is 5.69 Å². The van der Waals surface area contributed by atoms with E-state index < -0.39 is 0 Å². The van der Waals surface area contributed by atoms with Gasteiger partial charge in [-0.3, -0.25) is 0 Å². The van der Waals surface area contributed by atoms with Crippen LogP contribution in [0.3, 0.4) is 0 Å². The molecule has 94 valence electrons. The van der Waals surface area contributed by atoms with Crippen LogP contribution in [-0.4, -0.2) is 34.6 Å². The maximum atomic E-state index is 6.12. The fourth-order valence-electron chi connectivity index (χ4n) is 2.07. The van der Waals surface area contributed by atoms with Crippen molar-refractivity contribution in [2.75, 3.05) is 29.5 Å². The second kappa shape index (κ2) is 5.11. The molecule has 1 aromatic heterocycles. The Labute approximate surface area is 119 Å². The molecule has 0 amide bonds. The van der Waals surface area contributed by atoms with E-state index in [1.54, 1.807) is 0 Å². The first-order chi connectivity index (χ1) is 8.74. The van der Waals surface area contributed by atoms with E-state index in [-0.39, 0.29) is 5.28 Å². The zero-order valence-corrected chi connectivity index (χ0v) is 11.9. The van der Waals surface area contributed by atoms with Crippen LogP contribution in [0.2, 0.25) is 10.4 Å². The molecule has 2 heterocycles. The number of anilines is 1. The molecule has 2 aromatic rings. The van der Waals surface area contributed by atoms with Gasteiger partial charge in [0.05, 0.1) is 5.52 Å². The minimum absolute atomic E-state index is 0.189. The van der Waals surface area contributed by atoms with E-state index in [1.807, 2.05) is 23.9 Å². The third-order valence-corrected chi connectivity index (χ3v) is 4.38. The lowest BCUT2D eigenvalue weighted by Crippen LogP contribution is -2.32. The van der Waals surface area contributed by atoms with Crippen molar-refractivity contribution in [3.05, 3.63) is 28.6 Å². The van der Waals surface area contributed by atoms with Gasteiger partial charge in [0.2, 0.25) is 5.28 Å². The summed E-state index contributed by atoms with van der Waals surface area (Å²) in [5.41, 5.74) is 1.96. The van der Waals surface area contributed by atoms with Crippen molar-refractivity contribution in [1.29, 1.82) is 0 Å². The van der Waals surface area contributed by atoms with Gasteiger partial charge in [0, 0.05) is 35.7 Å². The van der Waals surface area contributed by atoms with E-state index in [1.165, 1.54) is 17.2 Å². The molecule has 0 saturated carbocycles. The van der Waals surface area contributed by atoms with E-state index in [0.717, 1.165) is 24.0 Å². The Hall–Kier alpha value is -0.710. The number of nitrogens with zero attached hydrogens (tertiary/aromatic N) is 3. The van der Waals surface area contributed by atoms with Crippen LogP contribution in [-0.2, 0) is 0 Å². The lowest BCUT2D eigenvalue weighted by Gasteiger charge is -2.28. The molecule has 0 spiro atoms. The molecule has 0 radical (unpaired) electrons. The fourth-order valence-corrected chi connectivity index (χ4v) is 3.42. The zero-order chi connectivity index (χ0) is 12.5. The largest absolute Gasteiger partial charge is 0.370 e. The number of thioether (sulfide) groups is 1. The van der Waals surface area contributed by atoms with Gasteiger partial charge < -0.3 is 4.90 Å². The van der Waals surface area contributed by atoms with Gasteiger partial charge in [0.25, 0.3) is 0 Å². The number of aromatic nitrogens is 2. The molecular formula is C12H11Cl2N3S. The first-order valence-electron chi connectivity index (χ1n) is 5.69. The van der Waals surface area contributed by atoms with Crippen molar-refractivity contribution in [1.82, 2.24) is 9.97 Å². The Balaban J connectivity index is 2.04. The fraction of sp³-hybridized carbons (Fsp3) is 0.333. The maximum absolute atomic E-state index is 6.12. The van der Waals surface area contributed by atoms with Gasteiger partial charge in [0.1, 0.15) is 5.15 Å². The Bertz CT molecular complexity index is 585. The number of rotatable bonds is 1. The van der Waals surface area contributed by atoms with Gasteiger partial charge in [-0.1, -0.05) is 11.6 Å². The Morgan fingerprint density at radius 3 is 2.67 bits per heavy atom. The molecule has 1 aliphatic heterocycles. The number of benzene rings is 1. The minimum atomic E-state index is 0.189. The van der Waals surface area contributed by atoms with E-state index >= 15 is 0 Å². The van der Waals surface area contributed by atoms with Gasteiger partial charge in [0.15, 0.2) is 0 Å². The molecule has 1 aromatic carbocycles. The summed E-state index contributed by atoms with van der Waals surface area (Å²) < 4.78 is 0. The van der Waals surface area contributed by atoms with E-state index in [0.29, 0.717) is 5.15 Å². The maximum Gasteiger partial charge on any atom is 0.224 e. The topological polar surface area (TPSA) is 29.0 Å². The average Bonchev–Trinajstić information content (AvgIpc) is 2.39. The number of hydrogen-bond donors (Lipinski definition) is 0. The highest BCUT2D eigenvalue weighted by molar-refractivity contribution is 7.99. The van der Waals surface area contributed by atoms with Gasteiger partial charge in [-0.05, 0) is 29.8 Å². The first-order valence-corrected chi connectivity index (χ1v) is 7.60. The minimum Gasteiger partial charge on any atom is -0.370 e. The Morgan fingerprint density at radius 1 is 1.11 bits per heavy atom. The van der Waals surface area contributed by atoms with Gasteiger partial charge >= 0.3 is 0 Å². The molecular weight excluding hydrogens is 289 g/mol. The van der Waals surface area contributed by atoms with Crippen molar-refractivity contribution in [3.63, 3.8) is 0 Å². The van der Waals surface area contributed by atoms with Crippen LogP contribution in [0, 0.1) is 0 Å². The molecule has 0 N–H and O–H groups in total. The molecule has 3 nitrogen and oxygen atoms in total. The summed E-state index contributed by atoms with van der Waals surface area (Å²) in [6, 6.07) is 6.06. The highest BCUT2D eigenvalue weighted by Crippen LogP contribution is 2.28. The van der Waals surface area contributed by atoms with E-state index in [2.05, 4.69) is 20.9 Å². The third kappa shape index (κ3) is 2.37. The number of hydrogen-bond acceptors (Lipinski definition) is 4. The van der Waals surface area contributed by atoms with E-state index in [4.69, 9.17) is 23.2 Å². The van der Waals surface area contributed by atoms with E-state index in [9.17, 15) is 0 Å². The quantitative estimate of drug-likeness (QED) is 0.595. The second-order valence-corrected chi connectivity index (χ2v) is 6.01. The first kappa shape index (κ1) is 12.3. The van der Waals surface area contributed by atoms with Gasteiger partial charge in [-0.15, -0.1) is 0 Å². The van der Waals surface area contributed by atoms with Crippen molar-refractivity contribution in [3.8, 4) is 0 Å². The molecule has 0 atom stereocenters. The van der Waals surface area contributed by atoms with Crippen molar-refractivity contribution < 1.29 is 0 Å². The zero-order valence-electron chi connectivity index (χ0n) is 9.57. The average molecular weight is 300 g/mol. The van der Waals surface area contributed by atoms with Crippen molar-refractivity contribution in [2.45, 2.75) is 0 Å².